The molecule has 0 saturated carbocycles. The fraction of sp³-hybridized carbons (Fsp3) is 0.375. The van der Waals surface area contributed by atoms with Crippen LogP contribution in [0.1, 0.15) is 41.8 Å². The van der Waals surface area contributed by atoms with E-state index in [1.165, 1.54) is 0 Å². The van der Waals surface area contributed by atoms with Crippen LogP contribution in [-0.4, -0.2) is 17.9 Å². The first-order chi connectivity index (χ1) is 11.7. The predicted octanol–water partition coefficient (Wildman–Crippen LogP) is 3.66. The van der Waals surface area contributed by atoms with Crippen LogP contribution in [0.25, 0.3) is 0 Å². The Morgan fingerprint density at radius 1 is 1.04 bits per heavy atom. The Morgan fingerprint density at radius 3 is 1.85 bits per heavy atom. The minimum absolute atomic E-state index is 0.0471. The zero-order valence-electron chi connectivity index (χ0n) is 13.8. The molecular formula is C16H16F6N2O2. The summed E-state index contributed by atoms with van der Waals surface area (Å²) in [4.78, 5) is 23.4. The molecule has 10 heteroatoms. The van der Waals surface area contributed by atoms with Crippen LogP contribution in [-0.2, 0) is 17.1 Å². The standard InChI is InChI=1S/C16H16F6N2O2/c1-8(2)3-4-12(13(23)25)24-14(26)9-5-10(15(17,18)19)7-11(6-9)16(20,21)22/h3,5-7,12H,4H2,1-2H3,(H2,23,25)(H,24,26)/t12-/m1/s1. The van der Waals surface area contributed by atoms with Gasteiger partial charge in [0, 0.05) is 5.56 Å². The van der Waals surface area contributed by atoms with E-state index in [-0.39, 0.29) is 24.6 Å². The van der Waals surface area contributed by atoms with Crippen LogP contribution in [0.4, 0.5) is 26.3 Å². The van der Waals surface area contributed by atoms with Crippen molar-refractivity contribution in [2.45, 2.75) is 38.7 Å². The van der Waals surface area contributed by atoms with Gasteiger partial charge in [-0.25, -0.2) is 0 Å². The third-order valence-electron chi connectivity index (χ3n) is 3.26. The molecule has 26 heavy (non-hydrogen) atoms. The second kappa shape index (κ2) is 7.79. The molecule has 4 nitrogen and oxygen atoms in total. The van der Waals surface area contributed by atoms with E-state index in [1.807, 2.05) is 0 Å². The highest BCUT2D eigenvalue weighted by Crippen LogP contribution is 2.36. The lowest BCUT2D eigenvalue weighted by Crippen LogP contribution is -2.44. The van der Waals surface area contributed by atoms with Gasteiger partial charge in [-0.3, -0.25) is 9.59 Å². The first-order valence-electron chi connectivity index (χ1n) is 7.25. The fourth-order valence-corrected chi connectivity index (χ4v) is 1.93. The molecule has 0 saturated heterocycles. The van der Waals surface area contributed by atoms with Crippen molar-refractivity contribution in [2.75, 3.05) is 0 Å². The SMILES string of the molecule is CC(C)=CC[C@@H](NC(=O)c1cc(C(F)(F)F)cc(C(F)(F)F)c1)C(N)=O. The van der Waals surface area contributed by atoms with Crippen LogP contribution in [0.2, 0.25) is 0 Å². The second-order valence-corrected chi connectivity index (χ2v) is 5.74. The summed E-state index contributed by atoms with van der Waals surface area (Å²) in [6, 6.07) is -0.806. The van der Waals surface area contributed by atoms with Gasteiger partial charge in [-0.05, 0) is 38.5 Å². The molecule has 1 aromatic carbocycles. The number of rotatable bonds is 5. The number of allylic oxidation sites excluding steroid dienone is 1. The van der Waals surface area contributed by atoms with Crippen LogP contribution in [0.3, 0.4) is 0 Å². The number of carbonyl (C=O) groups excluding carboxylic acids is 2. The van der Waals surface area contributed by atoms with Gasteiger partial charge in [-0.2, -0.15) is 26.3 Å². The molecule has 1 atom stereocenters. The summed E-state index contributed by atoms with van der Waals surface area (Å²) in [5, 5.41) is 2.05. The van der Waals surface area contributed by atoms with E-state index in [9.17, 15) is 35.9 Å². The molecule has 0 fully saturated rings. The molecule has 144 valence electrons. The molecule has 0 spiro atoms. The number of halogens is 6. The highest BCUT2D eigenvalue weighted by atomic mass is 19.4. The topological polar surface area (TPSA) is 72.2 Å². The van der Waals surface area contributed by atoms with Crippen LogP contribution < -0.4 is 11.1 Å². The average molecular weight is 382 g/mol. The van der Waals surface area contributed by atoms with Gasteiger partial charge < -0.3 is 11.1 Å². The monoisotopic (exact) mass is 382 g/mol. The maximum Gasteiger partial charge on any atom is 0.416 e. The molecule has 0 bridgehead atoms. The molecule has 0 unspecified atom stereocenters. The Bertz CT molecular complexity index is 686. The van der Waals surface area contributed by atoms with E-state index >= 15 is 0 Å². The van der Waals surface area contributed by atoms with E-state index in [4.69, 9.17) is 5.73 Å². The summed E-state index contributed by atoms with van der Waals surface area (Å²) in [7, 11) is 0. The normalized spacial score (nSPS) is 13.1. The van der Waals surface area contributed by atoms with Crippen molar-refractivity contribution in [1.29, 1.82) is 0 Å². The lowest BCUT2D eigenvalue weighted by molar-refractivity contribution is -0.143. The number of carbonyl (C=O) groups is 2. The van der Waals surface area contributed by atoms with Gasteiger partial charge >= 0.3 is 12.4 Å². The van der Waals surface area contributed by atoms with Gasteiger partial charge in [0.25, 0.3) is 5.91 Å². The Hall–Kier alpha value is -2.52. The summed E-state index contributed by atoms with van der Waals surface area (Å²) in [5.41, 5.74) is 1.75. The number of nitrogens with two attached hydrogens (primary N) is 1. The van der Waals surface area contributed by atoms with Crippen LogP contribution in [0, 0.1) is 0 Å². The quantitative estimate of drug-likeness (QED) is 0.603. The van der Waals surface area contributed by atoms with Crippen molar-refractivity contribution in [3.63, 3.8) is 0 Å². The van der Waals surface area contributed by atoms with E-state index in [2.05, 4.69) is 5.32 Å². The summed E-state index contributed by atoms with van der Waals surface area (Å²) < 4.78 is 76.9. The number of primary amides is 1. The van der Waals surface area contributed by atoms with Gasteiger partial charge in [0.15, 0.2) is 0 Å². The van der Waals surface area contributed by atoms with Gasteiger partial charge in [0.05, 0.1) is 11.1 Å². The minimum Gasteiger partial charge on any atom is -0.368 e. The number of nitrogens with one attached hydrogen (secondary N) is 1. The van der Waals surface area contributed by atoms with Crippen molar-refractivity contribution in [1.82, 2.24) is 5.32 Å². The van der Waals surface area contributed by atoms with Crippen molar-refractivity contribution in [2.24, 2.45) is 5.73 Å². The van der Waals surface area contributed by atoms with Gasteiger partial charge in [0.2, 0.25) is 5.91 Å². The zero-order chi connectivity index (χ0) is 20.3. The number of hydrogen-bond donors (Lipinski definition) is 2. The summed E-state index contributed by atoms with van der Waals surface area (Å²) in [5.74, 6) is -2.24. The zero-order valence-corrected chi connectivity index (χ0v) is 13.8. The van der Waals surface area contributed by atoms with Gasteiger partial charge in [-0.15, -0.1) is 0 Å². The van der Waals surface area contributed by atoms with E-state index in [0.29, 0.717) is 0 Å². The number of hydrogen-bond acceptors (Lipinski definition) is 2. The van der Waals surface area contributed by atoms with Crippen LogP contribution in [0.15, 0.2) is 29.8 Å². The first kappa shape index (κ1) is 21.5. The van der Waals surface area contributed by atoms with Crippen molar-refractivity contribution < 1.29 is 35.9 Å². The Morgan fingerprint density at radius 2 is 1.50 bits per heavy atom. The highest BCUT2D eigenvalue weighted by Gasteiger charge is 2.37. The molecular weight excluding hydrogens is 366 g/mol. The number of alkyl halides is 6. The molecule has 3 N–H and O–H groups in total. The number of amides is 2. The number of benzene rings is 1. The summed E-state index contributed by atoms with van der Waals surface area (Å²) in [6.07, 6.45) is -8.67. The molecule has 0 radical (unpaired) electrons. The minimum atomic E-state index is -5.08. The van der Waals surface area contributed by atoms with Gasteiger partial charge in [-0.1, -0.05) is 11.6 Å². The average Bonchev–Trinajstić information content (AvgIpc) is 2.48. The predicted molar refractivity (Wildman–Crippen MR) is 80.9 cm³/mol. The molecule has 0 aliphatic heterocycles. The Kier molecular flexibility index (Phi) is 6.45. The molecule has 2 amide bonds. The second-order valence-electron chi connectivity index (χ2n) is 5.74. The molecule has 0 heterocycles. The Labute approximate surface area is 145 Å². The van der Waals surface area contributed by atoms with E-state index < -0.39 is 46.9 Å². The maximum absolute atomic E-state index is 12.8. The van der Waals surface area contributed by atoms with Crippen LogP contribution in [0.5, 0.6) is 0 Å². The summed E-state index contributed by atoms with van der Waals surface area (Å²) >= 11 is 0. The van der Waals surface area contributed by atoms with Gasteiger partial charge in [0.1, 0.15) is 6.04 Å². The lowest BCUT2D eigenvalue weighted by atomic mass is 10.0. The Balaban J connectivity index is 3.25. The smallest absolute Gasteiger partial charge is 0.368 e. The molecule has 0 aliphatic carbocycles. The molecule has 0 aromatic heterocycles. The van der Waals surface area contributed by atoms with Crippen molar-refractivity contribution in [3.8, 4) is 0 Å². The van der Waals surface area contributed by atoms with E-state index in [0.717, 1.165) is 5.57 Å². The highest BCUT2D eigenvalue weighted by molar-refractivity contribution is 5.97. The molecule has 1 rings (SSSR count). The largest absolute Gasteiger partial charge is 0.416 e. The summed E-state index contributed by atoms with van der Waals surface area (Å²) in [6.45, 7) is 3.39. The first-order valence-corrected chi connectivity index (χ1v) is 7.25. The third kappa shape index (κ3) is 6.08. The van der Waals surface area contributed by atoms with Crippen molar-refractivity contribution >= 4 is 11.8 Å². The molecule has 1 aromatic rings. The lowest BCUT2D eigenvalue weighted by Gasteiger charge is -2.17. The maximum atomic E-state index is 12.8. The van der Waals surface area contributed by atoms with Crippen LogP contribution >= 0.6 is 0 Å². The van der Waals surface area contributed by atoms with E-state index in [1.54, 1.807) is 19.9 Å². The van der Waals surface area contributed by atoms with Crippen molar-refractivity contribution in [3.05, 3.63) is 46.5 Å². The third-order valence-corrected chi connectivity index (χ3v) is 3.26. The fourth-order valence-electron chi connectivity index (χ4n) is 1.93. The molecule has 0 aliphatic rings.